The first-order valence-corrected chi connectivity index (χ1v) is 7.34. The van der Waals surface area contributed by atoms with Gasteiger partial charge in [0.2, 0.25) is 0 Å². The third-order valence-electron chi connectivity index (χ3n) is 2.69. The molecule has 16 heavy (non-hydrogen) atoms. The molecule has 1 rings (SSSR count). The van der Waals surface area contributed by atoms with E-state index in [4.69, 9.17) is 0 Å². The van der Waals surface area contributed by atoms with E-state index in [2.05, 4.69) is 0 Å². The van der Waals surface area contributed by atoms with Crippen molar-refractivity contribution in [3.05, 3.63) is 35.4 Å². The van der Waals surface area contributed by atoms with Gasteiger partial charge in [0, 0.05) is 18.8 Å². The Hall–Kier alpha value is -0.870. The Morgan fingerprint density at radius 2 is 1.94 bits per heavy atom. The highest BCUT2D eigenvalue weighted by molar-refractivity contribution is 7.90. The fourth-order valence-corrected chi connectivity index (χ4v) is 2.46. The third kappa shape index (κ3) is 3.94. The van der Waals surface area contributed by atoms with Crippen LogP contribution in [0, 0.1) is 6.92 Å². The first-order valence-electron chi connectivity index (χ1n) is 5.28. The van der Waals surface area contributed by atoms with Gasteiger partial charge >= 0.3 is 0 Å². The molecule has 0 bridgehead atoms. The summed E-state index contributed by atoms with van der Waals surface area (Å²) in [4.78, 5) is 0. The van der Waals surface area contributed by atoms with Gasteiger partial charge in [-0.25, -0.2) is 8.42 Å². The first kappa shape index (κ1) is 13.2. The first-order chi connectivity index (χ1) is 7.44. The molecule has 0 amide bonds. The van der Waals surface area contributed by atoms with Gasteiger partial charge in [0.05, 0.1) is 5.75 Å². The summed E-state index contributed by atoms with van der Waals surface area (Å²) in [5.74, 6) is 0.0305. The van der Waals surface area contributed by atoms with Crippen molar-refractivity contribution in [1.29, 1.82) is 0 Å². The maximum absolute atomic E-state index is 11.1. The average molecular weight is 242 g/mol. The monoisotopic (exact) mass is 242 g/mol. The highest BCUT2D eigenvalue weighted by Gasteiger charge is 2.15. The van der Waals surface area contributed by atoms with Crippen molar-refractivity contribution in [2.45, 2.75) is 19.3 Å². The second-order valence-corrected chi connectivity index (χ2v) is 6.41. The molecule has 0 radical (unpaired) electrons. The van der Waals surface area contributed by atoms with Crippen LogP contribution in [0.4, 0.5) is 0 Å². The molecule has 0 aliphatic carbocycles. The molecule has 1 atom stereocenters. The lowest BCUT2D eigenvalue weighted by Crippen LogP contribution is -2.12. The SMILES string of the molecule is Cc1ccccc1C(CO)CCS(C)(=O)=O. The molecule has 0 saturated carbocycles. The van der Waals surface area contributed by atoms with E-state index in [-0.39, 0.29) is 18.3 Å². The van der Waals surface area contributed by atoms with E-state index < -0.39 is 9.84 Å². The summed E-state index contributed by atoms with van der Waals surface area (Å²) in [5, 5.41) is 9.31. The number of aryl methyl sites for hydroxylation is 1. The largest absolute Gasteiger partial charge is 0.396 e. The van der Waals surface area contributed by atoms with E-state index >= 15 is 0 Å². The zero-order chi connectivity index (χ0) is 12.2. The summed E-state index contributed by atoms with van der Waals surface area (Å²) in [5.41, 5.74) is 2.13. The van der Waals surface area contributed by atoms with Crippen LogP contribution < -0.4 is 0 Å². The average Bonchev–Trinajstić information content (AvgIpc) is 2.20. The molecule has 1 unspecified atom stereocenters. The molecule has 90 valence electrons. The topological polar surface area (TPSA) is 54.4 Å². The van der Waals surface area contributed by atoms with E-state index in [1.807, 2.05) is 31.2 Å². The summed E-state index contributed by atoms with van der Waals surface area (Å²) in [6.07, 6.45) is 1.69. The quantitative estimate of drug-likeness (QED) is 0.851. The minimum Gasteiger partial charge on any atom is -0.396 e. The van der Waals surface area contributed by atoms with Crippen LogP contribution in [-0.4, -0.2) is 32.1 Å². The Bertz CT molecular complexity index is 437. The molecule has 1 N–H and O–H groups in total. The van der Waals surface area contributed by atoms with Crippen LogP contribution >= 0.6 is 0 Å². The van der Waals surface area contributed by atoms with Gasteiger partial charge in [-0.05, 0) is 24.5 Å². The van der Waals surface area contributed by atoms with Crippen molar-refractivity contribution in [3.8, 4) is 0 Å². The highest BCUT2D eigenvalue weighted by Crippen LogP contribution is 2.22. The number of sulfone groups is 1. The van der Waals surface area contributed by atoms with Crippen LogP contribution in [0.1, 0.15) is 23.5 Å². The molecule has 3 nitrogen and oxygen atoms in total. The number of rotatable bonds is 5. The molecule has 4 heteroatoms. The Morgan fingerprint density at radius 1 is 1.31 bits per heavy atom. The number of benzene rings is 1. The van der Waals surface area contributed by atoms with Crippen LogP contribution in [-0.2, 0) is 9.84 Å². The molecule has 1 aromatic rings. The van der Waals surface area contributed by atoms with Crippen LogP contribution in [0.5, 0.6) is 0 Å². The van der Waals surface area contributed by atoms with Crippen molar-refractivity contribution < 1.29 is 13.5 Å². The summed E-state index contributed by atoms with van der Waals surface area (Å²) >= 11 is 0. The van der Waals surface area contributed by atoms with Crippen molar-refractivity contribution in [2.24, 2.45) is 0 Å². The summed E-state index contributed by atoms with van der Waals surface area (Å²) in [6, 6.07) is 7.76. The van der Waals surface area contributed by atoms with Gasteiger partial charge in [0.25, 0.3) is 0 Å². The molecule has 0 spiro atoms. The van der Waals surface area contributed by atoms with Crippen LogP contribution in [0.25, 0.3) is 0 Å². The van der Waals surface area contributed by atoms with E-state index in [1.54, 1.807) is 0 Å². The van der Waals surface area contributed by atoms with Gasteiger partial charge in [-0.2, -0.15) is 0 Å². The summed E-state index contributed by atoms with van der Waals surface area (Å²) in [7, 11) is -2.96. The predicted molar refractivity (Wildman–Crippen MR) is 65.3 cm³/mol. The molecule has 0 aliphatic heterocycles. The second kappa shape index (κ2) is 5.46. The Balaban J connectivity index is 2.79. The molecule has 0 aliphatic rings. The third-order valence-corrected chi connectivity index (χ3v) is 3.66. The normalized spacial score (nSPS) is 13.7. The van der Waals surface area contributed by atoms with E-state index in [1.165, 1.54) is 6.26 Å². The maximum Gasteiger partial charge on any atom is 0.147 e. The zero-order valence-corrected chi connectivity index (χ0v) is 10.5. The Labute approximate surface area is 97.0 Å². The van der Waals surface area contributed by atoms with Crippen molar-refractivity contribution in [1.82, 2.24) is 0 Å². The lowest BCUT2D eigenvalue weighted by atomic mass is 9.93. The van der Waals surface area contributed by atoms with Gasteiger partial charge in [-0.1, -0.05) is 24.3 Å². The standard InChI is InChI=1S/C12H18O3S/c1-10-5-3-4-6-12(10)11(9-13)7-8-16(2,14)15/h3-6,11,13H,7-9H2,1-2H3. The lowest BCUT2D eigenvalue weighted by Gasteiger charge is -2.16. The molecular formula is C12H18O3S. The lowest BCUT2D eigenvalue weighted by molar-refractivity contribution is 0.262. The fraction of sp³-hybridized carbons (Fsp3) is 0.500. The molecule has 0 saturated heterocycles. The predicted octanol–water partition coefficient (Wildman–Crippen LogP) is 1.51. The zero-order valence-electron chi connectivity index (χ0n) is 9.68. The van der Waals surface area contributed by atoms with E-state index in [9.17, 15) is 13.5 Å². The van der Waals surface area contributed by atoms with Crippen molar-refractivity contribution in [3.63, 3.8) is 0 Å². The van der Waals surface area contributed by atoms with Gasteiger partial charge in [0.15, 0.2) is 0 Å². The van der Waals surface area contributed by atoms with Gasteiger partial charge in [-0.15, -0.1) is 0 Å². The van der Waals surface area contributed by atoms with Crippen LogP contribution in [0.3, 0.4) is 0 Å². The van der Waals surface area contributed by atoms with Gasteiger partial charge in [0.1, 0.15) is 9.84 Å². The number of aliphatic hydroxyl groups excluding tert-OH is 1. The Kier molecular flexibility index (Phi) is 4.50. The minimum atomic E-state index is -2.96. The van der Waals surface area contributed by atoms with E-state index in [0.717, 1.165) is 11.1 Å². The Morgan fingerprint density at radius 3 is 2.44 bits per heavy atom. The minimum absolute atomic E-state index is 0.0135. The maximum atomic E-state index is 11.1. The number of aliphatic hydroxyl groups is 1. The molecule has 0 fully saturated rings. The van der Waals surface area contributed by atoms with Gasteiger partial charge in [-0.3, -0.25) is 0 Å². The van der Waals surface area contributed by atoms with Gasteiger partial charge < -0.3 is 5.11 Å². The van der Waals surface area contributed by atoms with E-state index in [0.29, 0.717) is 6.42 Å². The highest BCUT2D eigenvalue weighted by atomic mass is 32.2. The van der Waals surface area contributed by atoms with Crippen LogP contribution in [0.2, 0.25) is 0 Å². The van der Waals surface area contributed by atoms with Crippen molar-refractivity contribution >= 4 is 9.84 Å². The number of hydrogen-bond acceptors (Lipinski definition) is 3. The summed E-state index contributed by atoms with van der Waals surface area (Å²) < 4.78 is 22.2. The molecule has 0 aromatic heterocycles. The fourth-order valence-electron chi connectivity index (χ4n) is 1.75. The van der Waals surface area contributed by atoms with Crippen LogP contribution in [0.15, 0.2) is 24.3 Å². The molecule has 0 heterocycles. The second-order valence-electron chi connectivity index (χ2n) is 4.15. The molecular weight excluding hydrogens is 224 g/mol. The number of hydrogen-bond donors (Lipinski definition) is 1. The molecule has 1 aromatic carbocycles. The smallest absolute Gasteiger partial charge is 0.147 e. The summed E-state index contributed by atoms with van der Waals surface area (Å²) in [6.45, 7) is 1.96. The van der Waals surface area contributed by atoms with Crippen molar-refractivity contribution in [2.75, 3.05) is 18.6 Å².